The van der Waals surface area contributed by atoms with E-state index in [0.717, 1.165) is 65.0 Å². The zero-order chi connectivity index (χ0) is 22.4. The molecule has 1 saturated heterocycles. The van der Waals surface area contributed by atoms with Gasteiger partial charge in [-0.05, 0) is 64.9 Å². The van der Waals surface area contributed by atoms with E-state index in [2.05, 4.69) is 12.1 Å². The minimum absolute atomic E-state index is 0.153. The molecule has 0 spiro atoms. The molecule has 0 atom stereocenters. The maximum atomic E-state index is 11.9. The Kier molecular flexibility index (Phi) is 11.9. The van der Waals surface area contributed by atoms with Gasteiger partial charge < -0.3 is 23.8 Å². The van der Waals surface area contributed by atoms with Crippen LogP contribution in [0.25, 0.3) is 0 Å². The summed E-state index contributed by atoms with van der Waals surface area (Å²) in [5.74, 6) is 0. The van der Waals surface area contributed by atoms with Crippen LogP contribution < -0.4 is 0 Å². The average Bonchev–Trinajstić information content (AvgIpc) is 2.68. The summed E-state index contributed by atoms with van der Waals surface area (Å²) in [6, 6.07) is 10.3. The number of nitrogens with zero attached hydrogens (tertiary/aromatic N) is 1. The molecule has 1 heterocycles. The lowest BCUT2D eigenvalue weighted by Crippen LogP contribution is -2.55. The van der Waals surface area contributed by atoms with Crippen LogP contribution in [0.15, 0.2) is 30.3 Å². The van der Waals surface area contributed by atoms with Crippen molar-refractivity contribution in [3.63, 3.8) is 0 Å². The van der Waals surface area contributed by atoms with Gasteiger partial charge in [0.2, 0.25) is 0 Å². The molecule has 6 nitrogen and oxygen atoms in total. The zero-order valence-corrected chi connectivity index (χ0v) is 19.6. The summed E-state index contributed by atoms with van der Waals surface area (Å²) in [6.07, 6.45) is 6.43. The van der Waals surface area contributed by atoms with E-state index in [9.17, 15) is 4.79 Å². The summed E-state index contributed by atoms with van der Waals surface area (Å²) in [7, 11) is 0. The van der Waals surface area contributed by atoms with Gasteiger partial charge in [-0.1, -0.05) is 30.3 Å². The molecule has 0 aromatic heterocycles. The smallest absolute Gasteiger partial charge is 0.410 e. The summed E-state index contributed by atoms with van der Waals surface area (Å²) >= 11 is 0. The second-order valence-corrected chi connectivity index (χ2v) is 9.15. The van der Waals surface area contributed by atoms with Crippen LogP contribution in [0.5, 0.6) is 0 Å². The highest BCUT2D eigenvalue weighted by Crippen LogP contribution is 2.17. The Balaban J connectivity index is 1.28. The summed E-state index contributed by atoms with van der Waals surface area (Å²) in [6.45, 7) is 10.8. The minimum Gasteiger partial charge on any atom is -0.444 e. The molecule has 1 aliphatic heterocycles. The Morgan fingerprint density at radius 3 is 2.06 bits per heavy atom. The number of likely N-dealkylation sites (tertiary alicyclic amines) is 1. The van der Waals surface area contributed by atoms with Gasteiger partial charge in [0.1, 0.15) is 5.60 Å². The van der Waals surface area contributed by atoms with Crippen LogP contribution in [-0.4, -0.2) is 62.2 Å². The topological polar surface area (TPSA) is 57.2 Å². The number of carbonyl (C=O) groups excluding carboxylic acids is 1. The van der Waals surface area contributed by atoms with E-state index in [1.807, 2.05) is 39.0 Å². The van der Waals surface area contributed by atoms with Crippen LogP contribution in [0, 0.1) is 0 Å². The van der Waals surface area contributed by atoms with Crippen LogP contribution in [0.4, 0.5) is 4.79 Å². The summed E-state index contributed by atoms with van der Waals surface area (Å²) < 4.78 is 22.5. The molecular weight excluding hydrogens is 394 g/mol. The molecule has 176 valence electrons. The number of benzene rings is 1. The van der Waals surface area contributed by atoms with Crippen LogP contribution in [0.3, 0.4) is 0 Å². The SMILES string of the molecule is CC(C)(C)OC(=O)N1CC(OCCCCCOCCCCCOCc2ccccc2)C1. The molecule has 0 N–H and O–H groups in total. The van der Waals surface area contributed by atoms with E-state index in [1.165, 1.54) is 5.56 Å². The monoisotopic (exact) mass is 435 g/mol. The third-order valence-corrected chi connectivity index (χ3v) is 4.98. The molecule has 6 heteroatoms. The Morgan fingerprint density at radius 1 is 0.871 bits per heavy atom. The van der Waals surface area contributed by atoms with Crippen LogP contribution in [-0.2, 0) is 25.6 Å². The van der Waals surface area contributed by atoms with Gasteiger partial charge in [0.25, 0.3) is 0 Å². The van der Waals surface area contributed by atoms with Crippen molar-refractivity contribution in [3.05, 3.63) is 35.9 Å². The van der Waals surface area contributed by atoms with Crippen LogP contribution in [0.1, 0.15) is 64.9 Å². The fourth-order valence-corrected chi connectivity index (χ4v) is 3.20. The number of ether oxygens (including phenoxy) is 4. The van der Waals surface area contributed by atoms with Crippen molar-refractivity contribution in [3.8, 4) is 0 Å². The van der Waals surface area contributed by atoms with Gasteiger partial charge in [0.05, 0.1) is 25.8 Å². The molecular formula is C25H41NO5. The number of carbonyl (C=O) groups is 1. The molecule has 0 saturated carbocycles. The fraction of sp³-hybridized carbons (Fsp3) is 0.720. The van der Waals surface area contributed by atoms with E-state index in [4.69, 9.17) is 18.9 Å². The predicted octanol–water partition coefficient (Wildman–Crippen LogP) is 5.20. The van der Waals surface area contributed by atoms with Gasteiger partial charge in [-0.25, -0.2) is 4.79 Å². The molecule has 1 aliphatic rings. The maximum Gasteiger partial charge on any atom is 0.410 e. The first-order valence-electron chi connectivity index (χ1n) is 11.7. The number of amides is 1. The molecule has 31 heavy (non-hydrogen) atoms. The number of hydrogen-bond donors (Lipinski definition) is 0. The molecule has 0 bridgehead atoms. The Bertz CT molecular complexity index is 596. The Morgan fingerprint density at radius 2 is 1.45 bits per heavy atom. The van der Waals surface area contributed by atoms with Gasteiger partial charge in [-0.2, -0.15) is 0 Å². The van der Waals surface area contributed by atoms with Crippen molar-refractivity contribution in [1.29, 1.82) is 0 Å². The highest BCUT2D eigenvalue weighted by atomic mass is 16.6. The van der Waals surface area contributed by atoms with E-state index in [1.54, 1.807) is 4.90 Å². The van der Waals surface area contributed by atoms with Crippen molar-refractivity contribution < 1.29 is 23.7 Å². The minimum atomic E-state index is -0.442. The van der Waals surface area contributed by atoms with Crippen molar-refractivity contribution in [2.45, 2.75) is 77.6 Å². The molecule has 0 aliphatic carbocycles. The zero-order valence-electron chi connectivity index (χ0n) is 19.6. The second kappa shape index (κ2) is 14.4. The number of unbranched alkanes of at least 4 members (excludes halogenated alkanes) is 4. The standard InChI is InChI=1S/C25H41NO5/c1-25(2,3)31-24(27)26-19-23(20-26)30-18-12-6-10-16-28-15-9-5-11-17-29-21-22-13-7-4-8-14-22/h4,7-8,13-14,23H,5-6,9-12,15-21H2,1-3H3. The summed E-state index contributed by atoms with van der Waals surface area (Å²) in [5, 5.41) is 0. The maximum absolute atomic E-state index is 11.9. The first-order chi connectivity index (χ1) is 14.9. The molecule has 1 amide bonds. The quantitative estimate of drug-likeness (QED) is 0.355. The van der Waals surface area contributed by atoms with Crippen molar-refractivity contribution in [1.82, 2.24) is 4.90 Å². The number of hydrogen-bond acceptors (Lipinski definition) is 5. The third kappa shape index (κ3) is 12.1. The first-order valence-corrected chi connectivity index (χ1v) is 11.7. The first kappa shape index (κ1) is 25.6. The molecule has 0 unspecified atom stereocenters. The van der Waals surface area contributed by atoms with Crippen LogP contribution in [0.2, 0.25) is 0 Å². The Labute approximate surface area is 188 Å². The van der Waals surface area contributed by atoms with E-state index in [0.29, 0.717) is 19.7 Å². The lowest BCUT2D eigenvalue weighted by atomic mass is 10.1. The lowest BCUT2D eigenvalue weighted by Gasteiger charge is -2.39. The highest BCUT2D eigenvalue weighted by molar-refractivity contribution is 5.69. The summed E-state index contributed by atoms with van der Waals surface area (Å²) in [5.41, 5.74) is 0.786. The molecule has 2 rings (SSSR count). The van der Waals surface area contributed by atoms with Crippen molar-refractivity contribution in [2.24, 2.45) is 0 Å². The predicted molar refractivity (Wildman–Crippen MR) is 122 cm³/mol. The number of rotatable bonds is 15. The molecule has 1 aromatic carbocycles. The van der Waals surface area contributed by atoms with Gasteiger partial charge in [-0.15, -0.1) is 0 Å². The molecule has 1 fully saturated rings. The second-order valence-electron chi connectivity index (χ2n) is 9.15. The van der Waals surface area contributed by atoms with E-state index >= 15 is 0 Å². The average molecular weight is 436 g/mol. The van der Waals surface area contributed by atoms with Crippen molar-refractivity contribution in [2.75, 3.05) is 39.5 Å². The van der Waals surface area contributed by atoms with Gasteiger partial charge >= 0.3 is 6.09 Å². The highest BCUT2D eigenvalue weighted by Gasteiger charge is 2.34. The normalized spacial score (nSPS) is 14.5. The van der Waals surface area contributed by atoms with Crippen LogP contribution >= 0.6 is 0 Å². The largest absolute Gasteiger partial charge is 0.444 e. The van der Waals surface area contributed by atoms with E-state index < -0.39 is 5.60 Å². The van der Waals surface area contributed by atoms with E-state index in [-0.39, 0.29) is 12.2 Å². The summed E-state index contributed by atoms with van der Waals surface area (Å²) in [4.78, 5) is 13.6. The van der Waals surface area contributed by atoms with Crippen molar-refractivity contribution >= 4 is 6.09 Å². The lowest BCUT2D eigenvalue weighted by molar-refractivity contribution is -0.0638. The molecule has 1 aromatic rings. The molecule has 0 radical (unpaired) electrons. The van der Waals surface area contributed by atoms with Gasteiger partial charge in [-0.3, -0.25) is 0 Å². The Hall–Kier alpha value is -1.63. The van der Waals surface area contributed by atoms with Gasteiger partial charge in [0.15, 0.2) is 0 Å². The third-order valence-electron chi connectivity index (χ3n) is 4.98. The fourth-order valence-electron chi connectivity index (χ4n) is 3.20. The van der Waals surface area contributed by atoms with Gasteiger partial charge in [0, 0.05) is 26.4 Å².